The van der Waals surface area contributed by atoms with Crippen LogP contribution in [0.15, 0.2) is 35.5 Å². The molecule has 204 valence electrons. The van der Waals surface area contributed by atoms with E-state index in [1.165, 1.54) is 19.9 Å². The molecule has 3 atom stereocenters. The molecule has 0 spiro atoms. The number of alkyl halides is 3. The number of halogens is 3. The molecule has 2 rings (SSSR count). The lowest BCUT2D eigenvalue weighted by molar-refractivity contribution is -0.266. The van der Waals surface area contributed by atoms with Crippen LogP contribution in [0, 0.1) is 17.2 Å². The van der Waals surface area contributed by atoms with Gasteiger partial charge in [-0.3, -0.25) is 4.79 Å². The van der Waals surface area contributed by atoms with Crippen LogP contribution in [0.4, 0.5) is 13.2 Å². The normalized spacial score (nSPS) is 21.8. The maximum atomic E-state index is 13.6. The highest BCUT2D eigenvalue weighted by Crippen LogP contribution is 2.46. The van der Waals surface area contributed by atoms with Gasteiger partial charge in [-0.05, 0) is 39.3 Å². The van der Waals surface area contributed by atoms with Gasteiger partial charge < -0.3 is 29.4 Å². The highest BCUT2D eigenvalue weighted by Gasteiger charge is 2.59. The molecule has 2 N–H and O–H groups in total. The Morgan fingerprint density at radius 2 is 1.81 bits per heavy atom. The van der Waals surface area contributed by atoms with Gasteiger partial charge in [0.05, 0.1) is 30.2 Å². The molecule has 1 aliphatic rings. The largest absolute Gasteiger partial charge is 0.466 e. The van der Waals surface area contributed by atoms with Crippen molar-refractivity contribution < 1.29 is 46.8 Å². The predicted molar refractivity (Wildman–Crippen MR) is 123 cm³/mol. The first-order valence-electron chi connectivity index (χ1n) is 11.8. The standard InChI is InChI=1S/C25H31F3N2O7/c1-5-34-22(32)20-19(16-10-8-11-17(14-16)25(26,27)28)18(21(31)37-13-9-12-29)15(4)30-24(20,33)23(35-6-2)36-7-3/h8,10-11,14,19-20,23,30,33H,5-7,9,13H2,1-4H3/t19-,20+,24+/m0/s1. The van der Waals surface area contributed by atoms with E-state index in [1.54, 1.807) is 13.8 Å². The topological polar surface area (TPSA) is 127 Å². The molecule has 37 heavy (non-hydrogen) atoms. The number of benzene rings is 1. The molecule has 1 aliphatic heterocycles. The highest BCUT2D eigenvalue weighted by molar-refractivity contribution is 5.93. The third-order valence-electron chi connectivity index (χ3n) is 5.69. The van der Waals surface area contributed by atoms with Gasteiger partial charge in [0.1, 0.15) is 12.5 Å². The molecular weight excluding hydrogens is 497 g/mol. The van der Waals surface area contributed by atoms with Crippen molar-refractivity contribution in [2.24, 2.45) is 5.92 Å². The maximum absolute atomic E-state index is 13.6. The van der Waals surface area contributed by atoms with Crippen molar-refractivity contribution in [2.75, 3.05) is 26.4 Å². The van der Waals surface area contributed by atoms with Crippen molar-refractivity contribution in [1.82, 2.24) is 5.32 Å². The molecule has 9 nitrogen and oxygen atoms in total. The van der Waals surface area contributed by atoms with E-state index in [1.807, 2.05) is 6.07 Å². The Bertz CT molecular complexity index is 1030. The average Bonchev–Trinajstić information content (AvgIpc) is 2.83. The van der Waals surface area contributed by atoms with Crippen LogP contribution in [0.5, 0.6) is 0 Å². The molecule has 0 aliphatic carbocycles. The minimum atomic E-state index is -4.72. The van der Waals surface area contributed by atoms with Gasteiger partial charge in [-0.2, -0.15) is 18.4 Å². The Kier molecular flexibility index (Phi) is 10.5. The van der Waals surface area contributed by atoms with Gasteiger partial charge >= 0.3 is 18.1 Å². The summed E-state index contributed by atoms with van der Waals surface area (Å²) >= 11 is 0. The number of carbonyl (C=O) groups is 2. The second-order valence-electron chi connectivity index (χ2n) is 8.11. The van der Waals surface area contributed by atoms with E-state index in [0.29, 0.717) is 0 Å². The Balaban J connectivity index is 2.84. The first-order chi connectivity index (χ1) is 17.5. The van der Waals surface area contributed by atoms with Crippen LogP contribution in [-0.4, -0.2) is 55.5 Å². The molecule has 1 aromatic carbocycles. The first-order valence-corrected chi connectivity index (χ1v) is 11.8. The number of rotatable bonds is 11. The second-order valence-corrected chi connectivity index (χ2v) is 8.11. The summed E-state index contributed by atoms with van der Waals surface area (Å²) < 4.78 is 62.3. The molecule has 1 heterocycles. The van der Waals surface area contributed by atoms with Crippen LogP contribution in [-0.2, 0) is 34.7 Å². The molecule has 0 fully saturated rings. The average molecular weight is 529 g/mol. The number of nitriles is 1. The number of hydrogen-bond acceptors (Lipinski definition) is 9. The smallest absolute Gasteiger partial charge is 0.416 e. The van der Waals surface area contributed by atoms with E-state index in [4.69, 9.17) is 24.2 Å². The number of ether oxygens (including phenoxy) is 4. The molecule has 0 bridgehead atoms. The van der Waals surface area contributed by atoms with Crippen LogP contribution in [0.2, 0.25) is 0 Å². The van der Waals surface area contributed by atoms with Gasteiger partial charge in [-0.15, -0.1) is 0 Å². The van der Waals surface area contributed by atoms with Gasteiger partial charge in [0.15, 0.2) is 0 Å². The molecule has 12 heteroatoms. The zero-order valence-corrected chi connectivity index (χ0v) is 21.1. The Morgan fingerprint density at radius 3 is 2.35 bits per heavy atom. The fraction of sp³-hybridized carbons (Fsp3) is 0.560. The lowest BCUT2D eigenvalue weighted by Crippen LogP contribution is -2.66. The van der Waals surface area contributed by atoms with E-state index < -0.39 is 47.5 Å². The summed E-state index contributed by atoms with van der Waals surface area (Å²) in [6.45, 7) is 5.91. The summed E-state index contributed by atoms with van der Waals surface area (Å²) in [5.74, 6) is -5.12. The van der Waals surface area contributed by atoms with Crippen molar-refractivity contribution in [3.63, 3.8) is 0 Å². The van der Waals surface area contributed by atoms with Crippen LogP contribution < -0.4 is 5.32 Å². The Hall–Kier alpha value is -3.14. The number of carbonyl (C=O) groups excluding carboxylic acids is 2. The number of allylic oxidation sites excluding steroid dienone is 1. The second kappa shape index (κ2) is 12.9. The number of nitrogens with zero attached hydrogens (tertiary/aromatic N) is 1. The van der Waals surface area contributed by atoms with E-state index in [9.17, 15) is 27.9 Å². The zero-order chi connectivity index (χ0) is 27.8. The minimum Gasteiger partial charge on any atom is -0.466 e. The number of esters is 2. The van der Waals surface area contributed by atoms with Crippen molar-refractivity contribution in [3.8, 4) is 6.07 Å². The van der Waals surface area contributed by atoms with Gasteiger partial charge in [-0.25, -0.2) is 4.79 Å². The predicted octanol–water partition coefficient (Wildman–Crippen LogP) is 3.39. The number of hydrogen-bond donors (Lipinski definition) is 2. The third kappa shape index (κ3) is 6.80. The van der Waals surface area contributed by atoms with Crippen LogP contribution in [0.3, 0.4) is 0 Å². The number of nitrogens with one attached hydrogen (secondary N) is 1. The third-order valence-corrected chi connectivity index (χ3v) is 5.69. The molecule has 0 aromatic heterocycles. The van der Waals surface area contributed by atoms with Crippen molar-refractivity contribution in [2.45, 2.75) is 58.2 Å². The molecule has 0 saturated heterocycles. The molecule has 0 radical (unpaired) electrons. The molecule has 1 aromatic rings. The van der Waals surface area contributed by atoms with Crippen LogP contribution in [0.1, 0.15) is 51.2 Å². The van der Waals surface area contributed by atoms with Gasteiger partial charge in [0, 0.05) is 24.8 Å². The summed E-state index contributed by atoms with van der Waals surface area (Å²) in [7, 11) is 0. The fourth-order valence-corrected chi connectivity index (χ4v) is 4.27. The Morgan fingerprint density at radius 1 is 1.16 bits per heavy atom. The van der Waals surface area contributed by atoms with Crippen molar-refractivity contribution in [3.05, 3.63) is 46.7 Å². The van der Waals surface area contributed by atoms with Crippen molar-refractivity contribution >= 4 is 11.9 Å². The van der Waals surface area contributed by atoms with E-state index in [0.717, 1.165) is 18.2 Å². The summed E-state index contributed by atoms with van der Waals surface area (Å²) in [5.41, 5.74) is -3.64. The maximum Gasteiger partial charge on any atom is 0.416 e. The van der Waals surface area contributed by atoms with E-state index >= 15 is 0 Å². The summed E-state index contributed by atoms with van der Waals surface area (Å²) in [6.07, 6.45) is -6.30. The molecule has 0 saturated carbocycles. The van der Waals surface area contributed by atoms with Crippen LogP contribution in [0.25, 0.3) is 0 Å². The van der Waals surface area contributed by atoms with Crippen molar-refractivity contribution in [1.29, 1.82) is 5.26 Å². The molecular formula is C25H31F3N2O7. The van der Waals surface area contributed by atoms with Gasteiger partial charge in [-0.1, -0.05) is 18.2 Å². The zero-order valence-electron chi connectivity index (χ0n) is 21.1. The SMILES string of the molecule is CCOC(=O)[C@H]1[C@@H](c2cccc(C(F)(F)F)c2)C(C(=O)OCCC#N)=C(C)N[C@]1(O)C(OCC)OCC. The highest BCUT2D eigenvalue weighted by atomic mass is 19.4. The summed E-state index contributed by atoms with van der Waals surface area (Å²) in [4.78, 5) is 26.5. The van der Waals surface area contributed by atoms with Gasteiger partial charge in [0.2, 0.25) is 12.0 Å². The van der Waals surface area contributed by atoms with E-state index in [-0.39, 0.29) is 49.7 Å². The summed E-state index contributed by atoms with van der Waals surface area (Å²) in [6, 6.07) is 5.92. The van der Waals surface area contributed by atoms with E-state index in [2.05, 4.69) is 5.32 Å². The molecule has 0 amide bonds. The lowest BCUT2D eigenvalue weighted by atomic mass is 9.71. The molecule has 0 unspecified atom stereocenters. The first kappa shape index (κ1) is 30.1. The van der Waals surface area contributed by atoms with Gasteiger partial charge in [0.25, 0.3) is 0 Å². The summed E-state index contributed by atoms with van der Waals surface area (Å²) in [5, 5.41) is 23.4. The quantitative estimate of drug-likeness (QED) is 0.252. The lowest BCUT2D eigenvalue weighted by Gasteiger charge is -2.47. The number of aliphatic hydroxyl groups is 1. The van der Waals surface area contributed by atoms with Crippen LogP contribution >= 0.6 is 0 Å². The Labute approximate surface area is 213 Å². The minimum absolute atomic E-state index is 0.0248. The monoisotopic (exact) mass is 528 g/mol. The fourth-order valence-electron chi connectivity index (χ4n) is 4.27.